The van der Waals surface area contributed by atoms with Gasteiger partial charge in [0.05, 0.1) is 27.7 Å². The molecular formula is C41H83NO8P+. The van der Waals surface area contributed by atoms with E-state index < -0.39 is 26.5 Å². The highest BCUT2D eigenvalue weighted by atomic mass is 31.2. The Kier molecular flexibility index (Phi) is 34.1. The van der Waals surface area contributed by atoms with Crippen LogP contribution < -0.4 is 0 Å². The van der Waals surface area contributed by atoms with Crippen LogP contribution in [0.4, 0.5) is 0 Å². The summed E-state index contributed by atoms with van der Waals surface area (Å²) in [5.41, 5.74) is 0. The van der Waals surface area contributed by atoms with E-state index in [0.717, 1.165) is 38.5 Å². The molecule has 0 saturated carbocycles. The van der Waals surface area contributed by atoms with E-state index in [-0.39, 0.29) is 25.6 Å². The van der Waals surface area contributed by atoms with Gasteiger partial charge in [0.2, 0.25) is 0 Å². The Bertz CT molecular complexity index is 850. The molecule has 2 unspecified atom stereocenters. The molecule has 0 heterocycles. The summed E-state index contributed by atoms with van der Waals surface area (Å²) in [6, 6.07) is 0. The second-order valence-electron chi connectivity index (χ2n) is 15.7. The Morgan fingerprint density at radius 1 is 0.529 bits per heavy atom. The zero-order chi connectivity index (χ0) is 37.9. The maximum atomic E-state index is 12.7. The largest absolute Gasteiger partial charge is 0.472 e. The molecule has 304 valence electrons. The first kappa shape index (κ1) is 50.0. The number of carbonyl (C=O) groups is 2. The number of esters is 2. The van der Waals surface area contributed by atoms with Crippen molar-refractivity contribution in [2.45, 2.75) is 206 Å². The number of nitrogens with zero attached hydrogens (tertiary/aromatic N) is 1. The van der Waals surface area contributed by atoms with Crippen LogP contribution in [0.3, 0.4) is 0 Å². The molecule has 0 amide bonds. The van der Waals surface area contributed by atoms with Gasteiger partial charge < -0.3 is 18.9 Å². The van der Waals surface area contributed by atoms with Crippen LogP contribution in [0.5, 0.6) is 0 Å². The van der Waals surface area contributed by atoms with Crippen molar-refractivity contribution in [3.8, 4) is 0 Å². The number of hydrogen-bond acceptors (Lipinski definition) is 7. The fourth-order valence-corrected chi connectivity index (χ4v) is 6.76. The third-order valence-corrected chi connectivity index (χ3v) is 10.4. The molecule has 9 nitrogen and oxygen atoms in total. The Morgan fingerprint density at radius 3 is 1.25 bits per heavy atom. The van der Waals surface area contributed by atoms with E-state index in [0.29, 0.717) is 17.4 Å². The van der Waals surface area contributed by atoms with Gasteiger partial charge in [-0.25, -0.2) is 4.57 Å². The molecular weight excluding hydrogens is 665 g/mol. The van der Waals surface area contributed by atoms with Crippen LogP contribution in [-0.4, -0.2) is 74.9 Å². The van der Waals surface area contributed by atoms with Gasteiger partial charge in [0.1, 0.15) is 19.8 Å². The molecule has 0 aromatic heterocycles. The molecule has 0 aliphatic carbocycles. The van der Waals surface area contributed by atoms with Crippen molar-refractivity contribution in [2.24, 2.45) is 0 Å². The summed E-state index contributed by atoms with van der Waals surface area (Å²) >= 11 is 0. The first-order chi connectivity index (χ1) is 24.5. The average molecular weight is 749 g/mol. The van der Waals surface area contributed by atoms with E-state index in [2.05, 4.69) is 13.8 Å². The molecule has 0 aromatic carbocycles. The van der Waals surface area contributed by atoms with Gasteiger partial charge >= 0.3 is 19.8 Å². The van der Waals surface area contributed by atoms with Gasteiger partial charge in [-0.05, 0) is 12.8 Å². The van der Waals surface area contributed by atoms with Gasteiger partial charge in [-0.1, -0.05) is 174 Å². The van der Waals surface area contributed by atoms with Crippen molar-refractivity contribution in [3.05, 3.63) is 0 Å². The SMILES string of the molecule is CCCCCCCCCCCCCCCCCC(=O)OC(COC(=O)CCCCCCCCCCCCCC)COP(=O)(O)OCC[N+](C)(C)C. The summed E-state index contributed by atoms with van der Waals surface area (Å²) in [5.74, 6) is -0.786. The third kappa shape index (κ3) is 38.5. The van der Waals surface area contributed by atoms with Crippen LogP contribution in [0.15, 0.2) is 0 Å². The minimum Gasteiger partial charge on any atom is -0.462 e. The highest BCUT2D eigenvalue weighted by Crippen LogP contribution is 2.43. The number of likely N-dealkylation sites (N-methyl/N-ethyl adjacent to an activating group) is 1. The van der Waals surface area contributed by atoms with Crippen molar-refractivity contribution in [3.63, 3.8) is 0 Å². The zero-order valence-electron chi connectivity index (χ0n) is 34.1. The van der Waals surface area contributed by atoms with Crippen LogP contribution in [0.1, 0.15) is 200 Å². The Balaban J connectivity index is 4.34. The molecule has 51 heavy (non-hydrogen) atoms. The minimum absolute atomic E-state index is 0.0367. The molecule has 0 bridgehead atoms. The van der Waals surface area contributed by atoms with Crippen molar-refractivity contribution in [2.75, 3.05) is 47.5 Å². The highest BCUT2D eigenvalue weighted by molar-refractivity contribution is 7.47. The average Bonchev–Trinajstić information content (AvgIpc) is 3.07. The van der Waals surface area contributed by atoms with Crippen molar-refractivity contribution in [1.82, 2.24) is 0 Å². The molecule has 0 spiro atoms. The lowest BCUT2D eigenvalue weighted by Gasteiger charge is -2.24. The topological polar surface area (TPSA) is 108 Å². The lowest BCUT2D eigenvalue weighted by atomic mass is 10.0. The second kappa shape index (κ2) is 34.8. The number of hydrogen-bond donors (Lipinski definition) is 1. The number of quaternary nitrogens is 1. The number of phosphoric ester groups is 1. The zero-order valence-corrected chi connectivity index (χ0v) is 35.0. The number of unbranched alkanes of at least 4 members (excludes halogenated alkanes) is 25. The molecule has 10 heteroatoms. The van der Waals surface area contributed by atoms with Crippen LogP contribution >= 0.6 is 7.82 Å². The van der Waals surface area contributed by atoms with Crippen molar-refractivity contribution >= 4 is 19.8 Å². The van der Waals surface area contributed by atoms with E-state index in [4.69, 9.17) is 18.5 Å². The fraction of sp³-hybridized carbons (Fsp3) is 0.951. The molecule has 0 saturated heterocycles. The molecule has 0 rings (SSSR count). The first-order valence-corrected chi connectivity index (χ1v) is 22.8. The smallest absolute Gasteiger partial charge is 0.462 e. The predicted molar refractivity (Wildman–Crippen MR) is 211 cm³/mol. The van der Waals surface area contributed by atoms with Gasteiger partial charge in [0.15, 0.2) is 6.10 Å². The van der Waals surface area contributed by atoms with E-state index >= 15 is 0 Å². The summed E-state index contributed by atoms with van der Waals surface area (Å²) in [6.45, 7) is 4.44. The molecule has 2 atom stereocenters. The Labute approximate surface area is 314 Å². The lowest BCUT2D eigenvalue weighted by molar-refractivity contribution is -0.870. The normalized spacial score (nSPS) is 13.6. The highest BCUT2D eigenvalue weighted by Gasteiger charge is 2.27. The number of carbonyl (C=O) groups excluding carboxylic acids is 2. The summed E-state index contributed by atoms with van der Waals surface area (Å²) < 4.78 is 34.3. The van der Waals surface area contributed by atoms with E-state index in [1.54, 1.807) is 0 Å². The second-order valence-corrected chi connectivity index (χ2v) is 17.2. The van der Waals surface area contributed by atoms with Crippen LogP contribution in [0, 0.1) is 0 Å². The quantitative estimate of drug-likeness (QED) is 0.0286. The van der Waals surface area contributed by atoms with Crippen molar-refractivity contribution < 1.29 is 42.1 Å². The van der Waals surface area contributed by atoms with Crippen LogP contribution in [-0.2, 0) is 32.7 Å². The molecule has 0 radical (unpaired) electrons. The van der Waals surface area contributed by atoms with Gasteiger partial charge in [0, 0.05) is 12.8 Å². The van der Waals surface area contributed by atoms with Crippen LogP contribution in [0.25, 0.3) is 0 Å². The number of phosphoric acid groups is 1. The predicted octanol–water partition coefficient (Wildman–Crippen LogP) is 11.6. The molecule has 0 aliphatic rings. The maximum absolute atomic E-state index is 12.7. The monoisotopic (exact) mass is 749 g/mol. The van der Waals surface area contributed by atoms with Gasteiger partial charge in [-0.2, -0.15) is 0 Å². The summed E-state index contributed by atoms with van der Waals surface area (Å²) in [7, 11) is 1.49. The third-order valence-electron chi connectivity index (χ3n) is 9.39. The molecule has 0 fully saturated rings. The van der Waals surface area contributed by atoms with Gasteiger partial charge in [-0.15, -0.1) is 0 Å². The fourth-order valence-electron chi connectivity index (χ4n) is 6.01. The molecule has 1 N–H and O–H groups in total. The standard InChI is InChI=1S/C41H82NO8P/c1-6-8-10-12-14-16-18-20-21-22-24-26-28-30-32-34-41(44)50-39(38-49-51(45,46)48-36-35-42(3,4)5)37-47-40(43)33-31-29-27-25-23-19-17-15-13-11-9-7-2/h39H,6-38H2,1-5H3/p+1. The summed E-state index contributed by atoms with van der Waals surface area (Å²) in [6.07, 6.45) is 32.8. The van der Waals surface area contributed by atoms with E-state index in [9.17, 15) is 19.0 Å². The van der Waals surface area contributed by atoms with E-state index in [1.807, 2.05) is 21.1 Å². The number of rotatable bonds is 39. The van der Waals surface area contributed by atoms with E-state index in [1.165, 1.54) is 135 Å². The Hall–Kier alpha value is -0.990. The maximum Gasteiger partial charge on any atom is 0.472 e. The lowest BCUT2D eigenvalue weighted by Crippen LogP contribution is -2.37. The first-order valence-electron chi connectivity index (χ1n) is 21.3. The summed E-state index contributed by atoms with van der Waals surface area (Å²) in [4.78, 5) is 35.3. The molecule has 0 aliphatic heterocycles. The number of ether oxygens (including phenoxy) is 2. The van der Waals surface area contributed by atoms with Gasteiger partial charge in [0.25, 0.3) is 0 Å². The molecule has 0 aromatic rings. The Morgan fingerprint density at radius 2 is 0.882 bits per heavy atom. The van der Waals surface area contributed by atoms with Gasteiger partial charge in [-0.3, -0.25) is 18.6 Å². The van der Waals surface area contributed by atoms with Crippen molar-refractivity contribution in [1.29, 1.82) is 0 Å². The summed E-state index contributed by atoms with van der Waals surface area (Å²) in [5, 5.41) is 0. The van der Waals surface area contributed by atoms with Crippen LogP contribution in [0.2, 0.25) is 0 Å². The minimum atomic E-state index is -4.36.